The van der Waals surface area contributed by atoms with Gasteiger partial charge in [-0.25, -0.2) is 4.39 Å². The van der Waals surface area contributed by atoms with Crippen LogP contribution < -0.4 is 5.32 Å². The minimum atomic E-state index is -0.154. The molecule has 0 bridgehead atoms. The van der Waals surface area contributed by atoms with Crippen LogP contribution in [0.4, 0.5) is 4.39 Å². The molecule has 0 aliphatic rings. The summed E-state index contributed by atoms with van der Waals surface area (Å²) >= 11 is 0. The van der Waals surface area contributed by atoms with Gasteiger partial charge in [0.25, 0.3) is 0 Å². The molecular formula is C16H19FN2. The molecule has 0 fully saturated rings. The number of aromatic nitrogens is 1. The molecule has 0 saturated heterocycles. The topological polar surface area (TPSA) is 24.9 Å². The van der Waals surface area contributed by atoms with E-state index in [0.717, 1.165) is 23.4 Å². The maximum absolute atomic E-state index is 13.8. The van der Waals surface area contributed by atoms with Gasteiger partial charge in [0.05, 0.1) is 11.7 Å². The normalized spacial score (nSPS) is 12.4. The molecule has 0 aliphatic heterocycles. The molecule has 1 aromatic carbocycles. The first-order valence-corrected chi connectivity index (χ1v) is 6.60. The number of likely N-dealkylation sites (N-methyl/N-ethyl adjacent to an activating group) is 1. The van der Waals surface area contributed by atoms with E-state index < -0.39 is 0 Å². The number of nitrogens with zero attached hydrogens (tertiary/aromatic N) is 1. The van der Waals surface area contributed by atoms with Gasteiger partial charge in [-0.15, -0.1) is 0 Å². The Kier molecular flexibility index (Phi) is 4.63. The number of rotatable bonds is 5. The number of hydrogen-bond donors (Lipinski definition) is 1. The SMILES string of the molecule is CCNC(Cc1ccccc1F)c1ncccc1C. The van der Waals surface area contributed by atoms with Crippen LogP contribution in [0.2, 0.25) is 0 Å². The fourth-order valence-corrected chi connectivity index (χ4v) is 2.26. The summed E-state index contributed by atoms with van der Waals surface area (Å²) in [5.74, 6) is -0.154. The van der Waals surface area contributed by atoms with Crippen LogP contribution in [-0.2, 0) is 6.42 Å². The Balaban J connectivity index is 2.27. The second-order valence-corrected chi connectivity index (χ2v) is 4.61. The van der Waals surface area contributed by atoms with Crippen molar-refractivity contribution in [3.8, 4) is 0 Å². The highest BCUT2D eigenvalue weighted by Crippen LogP contribution is 2.21. The van der Waals surface area contributed by atoms with Gasteiger partial charge in [-0.1, -0.05) is 31.2 Å². The van der Waals surface area contributed by atoms with Gasteiger partial charge < -0.3 is 5.32 Å². The van der Waals surface area contributed by atoms with Crippen molar-refractivity contribution in [2.45, 2.75) is 26.3 Å². The van der Waals surface area contributed by atoms with Gasteiger partial charge in [0.1, 0.15) is 5.82 Å². The lowest BCUT2D eigenvalue weighted by molar-refractivity contribution is 0.515. The standard InChI is InChI=1S/C16H19FN2/c1-3-18-15(16-12(2)7-6-10-19-16)11-13-8-4-5-9-14(13)17/h4-10,15,18H,3,11H2,1-2H3. The van der Waals surface area contributed by atoms with Gasteiger partial charge in [-0.3, -0.25) is 4.98 Å². The predicted molar refractivity (Wildman–Crippen MR) is 75.5 cm³/mol. The van der Waals surface area contributed by atoms with Crippen LogP contribution in [-0.4, -0.2) is 11.5 Å². The Hall–Kier alpha value is -1.74. The van der Waals surface area contributed by atoms with Gasteiger partial charge in [0.15, 0.2) is 0 Å². The highest BCUT2D eigenvalue weighted by Gasteiger charge is 2.16. The van der Waals surface area contributed by atoms with Crippen molar-refractivity contribution in [2.24, 2.45) is 0 Å². The molecule has 19 heavy (non-hydrogen) atoms. The third kappa shape index (κ3) is 3.38. The predicted octanol–water partition coefficient (Wildman–Crippen LogP) is 3.42. The Morgan fingerprint density at radius 1 is 1.21 bits per heavy atom. The molecule has 2 nitrogen and oxygen atoms in total. The molecule has 3 heteroatoms. The second-order valence-electron chi connectivity index (χ2n) is 4.61. The van der Waals surface area contributed by atoms with Gasteiger partial charge >= 0.3 is 0 Å². The lowest BCUT2D eigenvalue weighted by Crippen LogP contribution is -2.25. The highest BCUT2D eigenvalue weighted by molar-refractivity contribution is 5.25. The van der Waals surface area contributed by atoms with Crippen LogP contribution in [0.15, 0.2) is 42.6 Å². The van der Waals surface area contributed by atoms with E-state index in [4.69, 9.17) is 0 Å². The van der Waals surface area contributed by atoms with Gasteiger partial charge in [0, 0.05) is 6.20 Å². The summed E-state index contributed by atoms with van der Waals surface area (Å²) in [6, 6.07) is 10.9. The smallest absolute Gasteiger partial charge is 0.126 e. The Bertz CT molecular complexity index is 540. The fourth-order valence-electron chi connectivity index (χ4n) is 2.26. The number of aryl methyl sites for hydroxylation is 1. The average Bonchev–Trinajstić information content (AvgIpc) is 2.41. The van der Waals surface area contributed by atoms with Crippen LogP contribution in [0.5, 0.6) is 0 Å². The number of hydrogen-bond acceptors (Lipinski definition) is 2. The van der Waals surface area contributed by atoms with E-state index in [1.165, 1.54) is 6.07 Å². The summed E-state index contributed by atoms with van der Waals surface area (Å²) in [6.45, 7) is 4.91. The molecule has 0 amide bonds. The largest absolute Gasteiger partial charge is 0.309 e. The van der Waals surface area contributed by atoms with E-state index in [-0.39, 0.29) is 11.9 Å². The van der Waals surface area contributed by atoms with Crippen molar-refractivity contribution in [1.29, 1.82) is 0 Å². The molecule has 0 spiro atoms. The van der Waals surface area contributed by atoms with Crippen molar-refractivity contribution >= 4 is 0 Å². The highest BCUT2D eigenvalue weighted by atomic mass is 19.1. The lowest BCUT2D eigenvalue weighted by atomic mass is 9.99. The molecular weight excluding hydrogens is 239 g/mol. The third-order valence-electron chi connectivity index (χ3n) is 3.21. The van der Waals surface area contributed by atoms with Gasteiger partial charge in [0.2, 0.25) is 0 Å². The van der Waals surface area contributed by atoms with E-state index in [1.54, 1.807) is 12.3 Å². The minimum absolute atomic E-state index is 0.0445. The van der Waals surface area contributed by atoms with Gasteiger partial charge in [-0.05, 0) is 43.1 Å². The van der Waals surface area contributed by atoms with E-state index in [9.17, 15) is 4.39 Å². The Labute approximate surface area is 113 Å². The molecule has 1 unspecified atom stereocenters. The fraction of sp³-hybridized carbons (Fsp3) is 0.312. The summed E-state index contributed by atoms with van der Waals surface area (Å²) < 4.78 is 13.8. The monoisotopic (exact) mass is 258 g/mol. The first-order chi connectivity index (χ1) is 9.22. The van der Waals surface area contributed by atoms with Crippen molar-refractivity contribution in [1.82, 2.24) is 10.3 Å². The maximum Gasteiger partial charge on any atom is 0.126 e. The first-order valence-electron chi connectivity index (χ1n) is 6.60. The molecule has 0 saturated carbocycles. The van der Waals surface area contributed by atoms with E-state index in [1.807, 2.05) is 38.1 Å². The number of benzene rings is 1. The summed E-state index contributed by atoms with van der Waals surface area (Å²) in [7, 11) is 0. The zero-order chi connectivity index (χ0) is 13.7. The van der Waals surface area contributed by atoms with Crippen LogP contribution in [0.3, 0.4) is 0 Å². The number of halogens is 1. The summed E-state index contributed by atoms with van der Waals surface area (Å²) in [6.07, 6.45) is 2.40. The molecule has 1 N–H and O–H groups in total. The van der Waals surface area contributed by atoms with E-state index in [0.29, 0.717) is 6.42 Å². The van der Waals surface area contributed by atoms with Crippen LogP contribution in [0.1, 0.15) is 29.8 Å². The van der Waals surface area contributed by atoms with Crippen LogP contribution in [0.25, 0.3) is 0 Å². The summed E-state index contributed by atoms with van der Waals surface area (Å²) in [5.41, 5.74) is 2.84. The molecule has 100 valence electrons. The maximum atomic E-state index is 13.8. The summed E-state index contributed by atoms with van der Waals surface area (Å²) in [4.78, 5) is 4.44. The van der Waals surface area contributed by atoms with Crippen LogP contribution >= 0.6 is 0 Å². The van der Waals surface area contributed by atoms with Crippen LogP contribution in [0, 0.1) is 12.7 Å². The molecule has 1 atom stereocenters. The molecule has 1 heterocycles. The summed E-state index contributed by atoms with van der Waals surface area (Å²) in [5, 5.41) is 3.39. The van der Waals surface area contributed by atoms with Crippen molar-refractivity contribution in [3.05, 3.63) is 65.2 Å². The average molecular weight is 258 g/mol. The first kappa shape index (κ1) is 13.7. The van der Waals surface area contributed by atoms with Crippen molar-refractivity contribution in [3.63, 3.8) is 0 Å². The molecule has 1 aromatic heterocycles. The zero-order valence-corrected chi connectivity index (χ0v) is 11.4. The molecule has 0 aliphatic carbocycles. The lowest BCUT2D eigenvalue weighted by Gasteiger charge is -2.19. The third-order valence-corrected chi connectivity index (χ3v) is 3.21. The van der Waals surface area contributed by atoms with E-state index in [2.05, 4.69) is 10.3 Å². The van der Waals surface area contributed by atoms with Crippen molar-refractivity contribution in [2.75, 3.05) is 6.54 Å². The second kappa shape index (κ2) is 6.43. The van der Waals surface area contributed by atoms with E-state index >= 15 is 0 Å². The Morgan fingerprint density at radius 3 is 2.68 bits per heavy atom. The Morgan fingerprint density at radius 2 is 2.00 bits per heavy atom. The molecule has 2 rings (SSSR count). The number of pyridine rings is 1. The zero-order valence-electron chi connectivity index (χ0n) is 11.4. The molecule has 2 aromatic rings. The number of nitrogens with one attached hydrogen (secondary N) is 1. The van der Waals surface area contributed by atoms with Crippen molar-refractivity contribution < 1.29 is 4.39 Å². The quantitative estimate of drug-likeness (QED) is 0.888. The minimum Gasteiger partial charge on any atom is -0.309 e. The molecule has 0 radical (unpaired) electrons. The van der Waals surface area contributed by atoms with Gasteiger partial charge in [-0.2, -0.15) is 0 Å².